The first-order chi connectivity index (χ1) is 18.6. The van der Waals surface area contributed by atoms with Crippen molar-refractivity contribution in [1.82, 2.24) is 9.88 Å². The number of nitrogens with zero attached hydrogens (tertiary/aromatic N) is 2. The number of para-hydroxylation sites is 1. The maximum Gasteiger partial charge on any atom is 0.244 e. The molecule has 1 aliphatic rings. The number of anilines is 2. The molecule has 39 heavy (non-hydrogen) atoms. The van der Waals surface area contributed by atoms with Gasteiger partial charge in [-0.15, -0.1) is 0 Å². The second-order valence-corrected chi connectivity index (χ2v) is 11.5. The van der Waals surface area contributed by atoms with Gasteiger partial charge in [-0.2, -0.15) is 0 Å². The van der Waals surface area contributed by atoms with E-state index in [2.05, 4.69) is 49.3 Å². The predicted octanol–water partition coefficient (Wildman–Crippen LogP) is 6.34. The first-order valence-electron chi connectivity index (χ1n) is 13.6. The first kappa shape index (κ1) is 26.5. The number of aromatic nitrogens is 1. The number of hydrogen-bond acceptors (Lipinski definition) is 3. The molecule has 4 aromatic rings. The van der Waals surface area contributed by atoms with Crippen LogP contribution < -0.4 is 10.2 Å². The number of aryl methyl sites for hydroxylation is 1. The van der Waals surface area contributed by atoms with Gasteiger partial charge < -0.3 is 20.1 Å². The molecule has 2 amide bonds. The SMILES string of the molecule is Cc1[nH]c2ccccc2c1[C@@H]1[C@@H](CC(=O)N(CC(=O)Nc2ccc(N(C)C)cc2)Cc2ccccc2)C1(C)C. The van der Waals surface area contributed by atoms with Crippen LogP contribution in [0.15, 0.2) is 78.9 Å². The molecule has 0 bridgehead atoms. The normalized spacial score (nSPS) is 17.6. The Morgan fingerprint density at radius 2 is 1.59 bits per heavy atom. The highest BCUT2D eigenvalue weighted by atomic mass is 16.2. The van der Waals surface area contributed by atoms with Crippen molar-refractivity contribution in [1.29, 1.82) is 0 Å². The van der Waals surface area contributed by atoms with Gasteiger partial charge in [-0.3, -0.25) is 9.59 Å². The van der Waals surface area contributed by atoms with Crippen molar-refractivity contribution in [3.8, 4) is 0 Å². The molecule has 1 saturated carbocycles. The Hall–Kier alpha value is -4.06. The van der Waals surface area contributed by atoms with Crippen molar-refractivity contribution in [2.24, 2.45) is 11.3 Å². The van der Waals surface area contributed by atoms with Gasteiger partial charge in [0.25, 0.3) is 0 Å². The van der Waals surface area contributed by atoms with Gasteiger partial charge in [0, 0.05) is 55.0 Å². The van der Waals surface area contributed by atoms with Crippen molar-refractivity contribution < 1.29 is 9.59 Å². The fourth-order valence-electron chi connectivity index (χ4n) is 5.97. The molecular weight excluding hydrogens is 484 g/mol. The summed E-state index contributed by atoms with van der Waals surface area (Å²) < 4.78 is 0. The van der Waals surface area contributed by atoms with Gasteiger partial charge in [-0.1, -0.05) is 62.4 Å². The minimum Gasteiger partial charge on any atom is -0.378 e. The van der Waals surface area contributed by atoms with Gasteiger partial charge in [-0.05, 0) is 65.6 Å². The molecule has 1 heterocycles. The minimum atomic E-state index is -0.198. The Morgan fingerprint density at radius 3 is 2.28 bits per heavy atom. The van der Waals surface area contributed by atoms with Crippen LogP contribution in [0.5, 0.6) is 0 Å². The second-order valence-electron chi connectivity index (χ2n) is 11.5. The molecule has 2 N–H and O–H groups in total. The Kier molecular flexibility index (Phi) is 7.21. The maximum atomic E-state index is 13.8. The van der Waals surface area contributed by atoms with Crippen LogP contribution in [0, 0.1) is 18.3 Å². The minimum absolute atomic E-state index is 0.000243. The third-order valence-corrected chi connectivity index (χ3v) is 8.27. The van der Waals surface area contributed by atoms with E-state index in [0.29, 0.717) is 18.9 Å². The Morgan fingerprint density at radius 1 is 0.923 bits per heavy atom. The highest BCUT2D eigenvalue weighted by Crippen LogP contribution is 2.67. The molecule has 6 nitrogen and oxygen atoms in total. The van der Waals surface area contributed by atoms with Crippen LogP contribution in [-0.2, 0) is 16.1 Å². The van der Waals surface area contributed by atoms with Gasteiger partial charge in [0.2, 0.25) is 11.8 Å². The number of nitrogens with one attached hydrogen (secondary N) is 2. The Labute approximate surface area is 231 Å². The number of fused-ring (bicyclic) bond motifs is 1. The lowest BCUT2D eigenvalue weighted by atomic mass is 10.0. The molecule has 6 heteroatoms. The molecule has 0 aliphatic heterocycles. The zero-order chi connectivity index (χ0) is 27.7. The van der Waals surface area contributed by atoms with Crippen molar-refractivity contribution in [2.75, 3.05) is 30.9 Å². The van der Waals surface area contributed by atoms with Crippen LogP contribution in [-0.4, -0.2) is 42.3 Å². The monoisotopic (exact) mass is 522 g/mol. The number of rotatable bonds is 9. The molecule has 3 aromatic carbocycles. The fraction of sp³-hybridized carbons (Fsp3) is 0.333. The van der Waals surface area contributed by atoms with Gasteiger partial charge in [-0.25, -0.2) is 0 Å². The summed E-state index contributed by atoms with van der Waals surface area (Å²) in [6.07, 6.45) is 0.411. The average Bonchev–Trinajstić information content (AvgIpc) is 3.26. The summed E-state index contributed by atoms with van der Waals surface area (Å²) in [6, 6.07) is 26.0. The quantitative estimate of drug-likeness (QED) is 0.270. The summed E-state index contributed by atoms with van der Waals surface area (Å²) in [6.45, 7) is 7.04. The number of H-pyrrole nitrogens is 1. The van der Waals surface area contributed by atoms with E-state index in [1.165, 1.54) is 16.6 Å². The number of carbonyl (C=O) groups excluding carboxylic acids is 2. The van der Waals surface area contributed by atoms with E-state index < -0.39 is 0 Å². The Balaban J connectivity index is 1.32. The van der Waals surface area contributed by atoms with Crippen LogP contribution in [0.2, 0.25) is 0 Å². The topological polar surface area (TPSA) is 68.4 Å². The van der Waals surface area contributed by atoms with E-state index in [-0.39, 0.29) is 29.7 Å². The molecule has 1 aromatic heterocycles. The molecule has 1 fully saturated rings. The van der Waals surface area contributed by atoms with Crippen LogP contribution in [0.1, 0.15) is 43.0 Å². The van der Waals surface area contributed by atoms with Crippen molar-refractivity contribution in [2.45, 2.75) is 39.7 Å². The number of carbonyl (C=O) groups is 2. The highest BCUT2D eigenvalue weighted by Gasteiger charge is 2.59. The summed E-state index contributed by atoms with van der Waals surface area (Å²) in [7, 11) is 3.96. The van der Waals surface area contributed by atoms with Gasteiger partial charge in [0.15, 0.2) is 0 Å². The van der Waals surface area contributed by atoms with Crippen molar-refractivity contribution >= 4 is 34.1 Å². The summed E-state index contributed by atoms with van der Waals surface area (Å²) >= 11 is 0. The molecule has 1 aliphatic carbocycles. The third-order valence-electron chi connectivity index (χ3n) is 8.27. The zero-order valence-corrected chi connectivity index (χ0v) is 23.5. The third kappa shape index (κ3) is 5.56. The van der Waals surface area contributed by atoms with Gasteiger partial charge >= 0.3 is 0 Å². The summed E-state index contributed by atoms with van der Waals surface area (Å²) in [5.41, 5.74) is 6.41. The Bertz CT molecular complexity index is 1470. The van der Waals surface area contributed by atoms with Gasteiger partial charge in [0.1, 0.15) is 6.54 Å². The van der Waals surface area contributed by atoms with E-state index in [0.717, 1.165) is 22.5 Å². The molecule has 0 spiro atoms. The summed E-state index contributed by atoms with van der Waals surface area (Å²) in [5, 5.41) is 4.21. The molecule has 0 radical (unpaired) electrons. The first-order valence-corrected chi connectivity index (χ1v) is 13.6. The summed E-state index contributed by atoms with van der Waals surface area (Å²) in [5.74, 6) is 0.314. The maximum absolute atomic E-state index is 13.8. The lowest BCUT2D eigenvalue weighted by molar-refractivity contribution is -0.135. The van der Waals surface area contributed by atoms with Gasteiger partial charge in [0.05, 0.1) is 0 Å². The predicted molar refractivity (Wildman–Crippen MR) is 159 cm³/mol. The molecular formula is C33H38N4O2. The molecule has 0 unspecified atom stereocenters. The molecule has 5 rings (SSSR count). The standard InChI is InChI=1S/C33H38N4O2/c1-22-31(26-13-9-10-14-28(26)34-22)32-27(33(32,2)3)19-30(39)37(20-23-11-7-6-8-12-23)21-29(38)35-24-15-17-25(18-16-24)36(4)5/h6-18,27,32,34H,19-21H2,1-5H3,(H,35,38)/t27-,32+/m1/s1. The number of benzene rings is 3. The second kappa shape index (κ2) is 10.6. The zero-order valence-electron chi connectivity index (χ0n) is 23.5. The van der Waals surface area contributed by atoms with E-state index in [9.17, 15) is 9.59 Å². The highest BCUT2D eigenvalue weighted by molar-refractivity contribution is 5.95. The van der Waals surface area contributed by atoms with Crippen molar-refractivity contribution in [3.05, 3.63) is 95.7 Å². The summed E-state index contributed by atoms with van der Waals surface area (Å²) in [4.78, 5) is 34.1. The average molecular weight is 523 g/mol. The van der Waals surface area contributed by atoms with Crippen molar-refractivity contribution in [3.63, 3.8) is 0 Å². The number of amides is 2. The van der Waals surface area contributed by atoms with E-state index in [1.807, 2.05) is 79.7 Å². The van der Waals surface area contributed by atoms with E-state index in [4.69, 9.17) is 0 Å². The molecule has 202 valence electrons. The molecule has 2 atom stereocenters. The largest absolute Gasteiger partial charge is 0.378 e. The van der Waals surface area contributed by atoms with E-state index >= 15 is 0 Å². The van der Waals surface area contributed by atoms with Crippen LogP contribution in [0.3, 0.4) is 0 Å². The molecule has 0 saturated heterocycles. The van der Waals surface area contributed by atoms with Crippen LogP contribution >= 0.6 is 0 Å². The number of aromatic amines is 1. The van der Waals surface area contributed by atoms with E-state index in [1.54, 1.807) is 4.90 Å². The number of hydrogen-bond donors (Lipinski definition) is 2. The lowest BCUT2D eigenvalue weighted by Crippen LogP contribution is -2.38. The van der Waals surface area contributed by atoms with Crippen LogP contribution in [0.25, 0.3) is 10.9 Å². The smallest absolute Gasteiger partial charge is 0.244 e. The van der Waals surface area contributed by atoms with Crippen LogP contribution in [0.4, 0.5) is 11.4 Å². The fourth-order valence-corrected chi connectivity index (χ4v) is 5.97. The lowest BCUT2D eigenvalue weighted by Gasteiger charge is -2.23.